The van der Waals surface area contributed by atoms with Crippen LogP contribution in [0.4, 0.5) is 11.4 Å². The molecule has 0 fully saturated rings. The van der Waals surface area contributed by atoms with Crippen molar-refractivity contribution < 1.29 is 0 Å². The van der Waals surface area contributed by atoms with E-state index in [1.54, 1.807) is 0 Å². The van der Waals surface area contributed by atoms with Crippen molar-refractivity contribution in [3.63, 3.8) is 0 Å². The monoisotopic (exact) mass is 830 g/mol. The normalized spacial score (nSPS) is 19.4. The molecule has 0 bridgehead atoms. The Morgan fingerprint density at radius 3 is 2.38 bits per heavy atom. The number of nitrogens with zero attached hydrogens (tertiary/aromatic N) is 3. The molecule has 2 aliphatic heterocycles. The molecule has 5 nitrogen and oxygen atoms in total. The number of allylic oxidation sites excluding steroid dienone is 14. The second-order valence-corrected chi connectivity index (χ2v) is 16.3. The van der Waals surface area contributed by atoms with Crippen molar-refractivity contribution in [3.8, 4) is 0 Å². The number of anilines is 2. The summed E-state index contributed by atoms with van der Waals surface area (Å²) in [6.45, 7) is 15.2. The lowest BCUT2D eigenvalue weighted by Gasteiger charge is -2.33. The van der Waals surface area contributed by atoms with Crippen LogP contribution in [0.1, 0.15) is 87.2 Å². The first-order valence-corrected chi connectivity index (χ1v) is 22.6. The van der Waals surface area contributed by atoms with Crippen LogP contribution in [0.5, 0.6) is 0 Å². The zero-order chi connectivity index (χ0) is 44.0. The molecule has 5 heteroatoms. The average molecular weight is 830 g/mol. The quantitative estimate of drug-likeness (QED) is 0.110. The van der Waals surface area contributed by atoms with Crippen LogP contribution in [-0.4, -0.2) is 19.0 Å². The lowest BCUT2D eigenvalue weighted by molar-refractivity contribution is 0.427. The Bertz CT molecular complexity index is 2490. The molecule has 0 aromatic heterocycles. The van der Waals surface area contributed by atoms with E-state index < -0.39 is 0 Å². The summed E-state index contributed by atoms with van der Waals surface area (Å²) < 4.78 is 0. The third-order valence-corrected chi connectivity index (χ3v) is 12.0. The third-order valence-electron chi connectivity index (χ3n) is 12.0. The van der Waals surface area contributed by atoms with Gasteiger partial charge in [0.05, 0.1) is 0 Å². The molecule has 1 aliphatic carbocycles. The van der Waals surface area contributed by atoms with E-state index in [4.69, 9.17) is 4.99 Å². The summed E-state index contributed by atoms with van der Waals surface area (Å²) in [4.78, 5) is 9.92. The Labute approximate surface area is 377 Å². The van der Waals surface area contributed by atoms with Crippen LogP contribution in [0.2, 0.25) is 0 Å². The van der Waals surface area contributed by atoms with Crippen LogP contribution < -0.4 is 20.4 Å². The molecule has 320 valence electrons. The molecular weight excluding hydrogens is 767 g/mol. The van der Waals surface area contributed by atoms with Gasteiger partial charge in [0.15, 0.2) is 0 Å². The van der Waals surface area contributed by atoms with Gasteiger partial charge in [0, 0.05) is 47.5 Å². The first-order chi connectivity index (χ1) is 30.9. The van der Waals surface area contributed by atoms with Gasteiger partial charge in [-0.1, -0.05) is 174 Å². The van der Waals surface area contributed by atoms with E-state index >= 15 is 0 Å². The summed E-state index contributed by atoms with van der Waals surface area (Å²) in [6.07, 6.45) is 32.0. The molecule has 7 rings (SSSR count). The second-order valence-electron chi connectivity index (χ2n) is 16.3. The van der Waals surface area contributed by atoms with Crippen molar-refractivity contribution in [1.82, 2.24) is 10.6 Å². The van der Waals surface area contributed by atoms with Crippen LogP contribution in [0.3, 0.4) is 0 Å². The van der Waals surface area contributed by atoms with E-state index in [9.17, 15) is 0 Å². The molecule has 4 aromatic carbocycles. The number of nitrogens with one attached hydrogen (secondary N) is 2. The zero-order valence-electron chi connectivity index (χ0n) is 37.6. The summed E-state index contributed by atoms with van der Waals surface area (Å²) in [5.74, 6) is 1.19. The molecule has 0 radical (unpaired) electrons. The number of aliphatic imine (C=N–C) groups is 1. The van der Waals surface area contributed by atoms with E-state index in [1.807, 2.05) is 18.2 Å². The number of benzene rings is 4. The standard InChI is InChI=1S/C58H63N5/c1-7-10-16-33-54-42-51-41-50(49(35-34-43(4)46-25-19-13-20-26-46)40-44(5)62(6)53-31-23-15-24-32-53)37-39-55(51)63(54)52(9-3)38-36-45(8-2)56-59-57(47-27-17-11-12-18-28-47)61-58(60-56)48-29-21-14-22-30-48/h7,10,13-17,19-41,43,56,58,60H,1,5,8-9,11-12,18,42H2,2-4,6H3,(H,59,61)/b16-10-,35-34?,45-36+,49-40+,52-38+,54-33+. The maximum Gasteiger partial charge on any atom is 0.131 e. The lowest BCUT2D eigenvalue weighted by atomic mass is 9.96. The minimum Gasteiger partial charge on any atom is -0.350 e. The first-order valence-electron chi connectivity index (χ1n) is 22.6. The lowest BCUT2D eigenvalue weighted by Crippen LogP contribution is -2.49. The highest BCUT2D eigenvalue weighted by atomic mass is 15.3. The van der Waals surface area contributed by atoms with Crippen molar-refractivity contribution in [2.24, 2.45) is 4.99 Å². The van der Waals surface area contributed by atoms with E-state index in [-0.39, 0.29) is 18.2 Å². The van der Waals surface area contributed by atoms with Crippen LogP contribution in [0.15, 0.2) is 228 Å². The number of fused-ring (bicyclic) bond motifs is 1. The maximum absolute atomic E-state index is 5.33. The van der Waals surface area contributed by atoms with E-state index in [0.717, 1.165) is 66.9 Å². The molecule has 3 unspecified atom stereocenters. The fourth-order valence-electron chi connectivity index (χ4n) is 8.32. The predicted molar refractivity (Wildman–Crippen MR) is 271 cm³/mol. The molecule has 4 aromatic rings. The first kappa shape index (κ1) is 44.4. The highest BCUT2D eigenvalue weighted by Gasteiger charge is 2.28. The molecule has 3 aliphatic rings. The molecule has 0 saturated heterocycles. The van der Waals surface area contributed by atoms with Gasteiger partial charge in [-0.2, -0.15) is 0 Å². The summed E-state index contributed by atoms with van der Waals surface area (Å²) in [7, 11) is 2.08. The smallest absolute Gasteiger partial charge is 0.131 e. The zero-order valence-corrected chi connectivity index (χ0v) is 37.6. The van der Waals surface area contributed by atoms with Gasteiger partial charge in [0.2, 0.25) is 0 Å². The topological polar surface area (TPSA) is 42.9 Å². The van der Waals surface area contributed by atoms with Gasteiger partial charge in [0.25, 0.3) is 0 Å². The number of para-hydroxylation sites is 1. The molecule has 0 amide bonds. The van der Waals surface area contributed by atoms with Crippen LogP contribution >= 0.6 is 0 Å². The minimum absolute atomic E-state index is 0.0668. The summed E-state index contributed by atoms with van der Waals surface area (Å²) in [5, 5.41) is 7.56. The molecule has 2 N–H and O–H groups in total. The van der Waals surface area contributed by atoms with Crippen molar-refractivity contribution in [1.29, 1.82) is 0 Å². The highest BCUT2D eigenvalue weighted by molar-refractivity contribution is 6.01. The Hall–Kier alpha value is -6.69. The summed E-state index contributed by atoms with van der Waals surface area (Å²) >= 11 is 0. The van der Waals surface area contributed by atoms with Gasteiger partial charge in [-0.25, -0.2) is 4.99 Å². The van der Waals surface area contributed by atoms with Crippen molar-refractivity contribution in [2.75, 3.05) is 16.8 Å². The van der Waals surface area contributed by atoms with Gasteiger partial charge in [-0.15, -0.1) is 0 Å². The molecule has 0 spiro atoms. The number of amidine groups is 1. The van der Waals surface area contributed by atoms with E-state index in [1.165, 1.54) is 44.9 Å². The second kappa shape index (κ2) is 21.9. The molecular formula is C58H63N5. The molecule has 63 heavy (non-hydrogen) atoms. The van der Waals surface area contributed by atoms with E-state index in [0.29, 0.717) is 0 Å². The maximum atomic E-state index is 5.33. The fraction of sp³-hybridized carbons (Fsp3) is 0.224. The van der Waals surface area contributed by atoms with Gasteiger partial charge in [-0.3, -0.25) is 5.32 Å². The van der Waals surface area contributed by atoms with Gasteiger partial charge in [-0.05, 0) is 114 Å². The van der Waals surface area contributed by atoms with Crippen LogP contribution in [-0.2, 0) is 6.42 Å². The van der Waals surface area contributed by atoms with Crippen LogP contribution in [0, 0.1) is 0 Å². The Kier molecular flexibility index (Phi) is 15.4. The van der Waals surface area contributed by atoms with Crippen molar-refractivity contribution in [2.45, 2.75) is 77.5 Å². The minimum atomic E-state index is -0.180. The number of hydrogen-bond donors (Lipinski definition) is 2. The summed E-state index contributed by atoms with van der Waals surface area (Å²) in [5.41, 5.74) is 14.1. The van der Waals surface area contributed by atoms with Gasteiger partial charge < -0.3 is 15.1 Å². The van der Waals surface area contributed by atoms with Crippen molar-refractivity contribution >= 4 is 22.8 Å². The number of rotatable bonds is 16. The van der Waals surface area contributed by atoms with Crippen LogP contribution in [0.25, 0.3) is 5.57 Å². The Morgan fingerprint density at radius 1 is 0.905 bits per heavy atom. The summed E-state index contributed by atoms with van der Waals surface area (Å²) in [6, 6.07) is 38.6. The highest BCUT2D eigenvalue weighted by Crippen LogP contribution is 2.40. The van der Waals surface area contributed by atoms with E-state index in [2.05, 4.69) is 225 Å². The number of hydrogen-bond acceptors (Lipinski definition) is 5. The number of likely N-dealkylation sites (N-methyl/N-ethyl adjacent to an activating group) is 1. The molecule has 2 heterocycles. The van der Waals surface area contributed by atoms with Gasteiger partial charge in [0.1, 0.15) is 18.2 Å². The molecule has 0 saturated carbocycles. The predicted octanol–water partition coefficient (Wildman–Crippen LogP) is 14.0. The average Bonchev–Trinajstić information content (AvgIpc) is 3.47. The largest absolute Gasteiger partial charge is 0.350 e. The molecule has 3 atom stereocenters. The van der Waals surface area contributed by atoms with Gasteiger partial charge >= 0.3 is 0 Å². The SMILES string of the molecule is C=C/C=C\C=C1/Cc2cc(/C(C=CC(C)c3ccccc3)=C/C(=C)N(C)c3ccccc3)ccc2N1/C(=C/C=C(\CC)C1N=C(C2=CCCCC=C2)NC(c2ccccc2)N1)CC. The Morgan fingerprint density at radius 2 is 1.65 bits per heavy atom. The Balaban J connectivity index is 1.25. The fourth-order valence-corrected chi connectivity index (χ4v) is 8.32. The third kappa shape index (κ3) is 11.2. The van der Waals surface area contributed by atoms with Crippen molar-refractivity contribution in [3.05, 3.63) is 246 Å².